The highest BCUT2D eigenvalue weighted by Gasteiger charge is 2.17. The molecule has 0 unspecified atom stereocenters. The van der Waals surface area contributed by atoms with Crippen LogP contribution in [0.2, 0.25) is 0 Å². The summed E-state index contributed by atoms with van der Waals surface area (Å²) in [5, 5.41) is 5.20. The van der Waals surface area contributed by atoms with Gasteiger partial charge in [-0.2, -0.15) is 0 Å². The third kappa shape index (κ3) is 6.77. The average molecular weight is 488 g/mol. The van der Waals surface area contributed by atoms with E-state index in [1.54, 1.807) is 18.2 Å². The summed E-state index contributed by atoms with van der Waals surface area (Å²) in [5.74, 6) is -1.20. The van der Waals surface area contributed by atoms with Crippen molar-refractivity contribution in [1.82, 2.24) is 0 Å². The molecule has 3 aromatic carbocycles. The average Bonchev–Trinajstić information content (AvgIpc) is 2.81. The van der Waals surface area contributed by atoms with Gasteiger partial charge in [-0.3, -0.25) is 14.8 Å². The van der Waals surface area contributed by atoms with Gasteiger partial charge in [0.2, 0.25) is 0 Å². The van der Waals surface area contributed by atoms with E-state index in [1.165, 1.54) is 55.6 Å². The summed E-state index contributed by atoms with van der Waals surface area (Å²) in [6.45, 7) is 0.364. The minimum Gasteiger partial charge on any atom is -0.447 e. The molecule has 11 heteroatoms. The third-order valence-electron chi connectivity index (χ3n) is 4.43. The smallest absolute Gasteiger partial charge is 0.411 e. The van der Waals surface area contributed by atoms with Gasteiger partial charge in [0.25, 0.3) is 15.9 Å². The van der Waals surface area contributed by atoms with Crippen LogP contribution in [-0.2, 0) is 19.5 Å². The molecule has 0 spiro atoms. The summed E-state index contributed by atoms with van der Waals surface area (Å²) >= 11 is 0. The normalized spacial score (nSPS) is 10.9. The molecule has 0 fully saturated rings. The van der Waals surface area contributed by atoms with Crippen LogP contribution in [0.5, 0.6) is 0 Å². The van der Waals surface area contributed by atoms with Gasteiger partial charge in [-0.05, 0) is 54.6 Å². The number of halogens is 1. The van der Waals surface area contributed by atoms with Crippen molar-refractivity contribution in [2.45, 2.75) is 4.90 Å². The number of nitrogens with one attached hydrogen (secondary N) is 3. The second kappa shape index (κ2) is 11.3. The van der Waals surface area contributed by atoms with Crippen molar-refractivity contribution >= 4 is 39.1 Å². The Morgan fingerprint density at radius 1 is 0.882 bits per heavy atom. The molecule has 34 heavy (non-hydrogen) atoms. The fourth-order valence-electron chi connectivity index (χ4n) is 2.78. The number of hydrogen-bond acceptors (Lipinski definition) is 6. The molecule has 0 bridgehead atoms. The Kier molecular flexibility index (Phi) is 8.17. The van der Waals surface area contributed by atoms with Gasteiger partial charge in [0.1, 0.15) is 12.4 Å². The SMILES string of the molecule is COCCOC(=O)Nc1cccc(NC(=O)c2ccc(S(=O)(=O)Nc3ccccc3F)cc2)c1. The monoisotopic (exact) mass is 487 g/mol. The molecule has 3 aromatic rings. The molecule has 0 radical (unpaired) electrons. The fraction of sp³-hybridized carbons (Fsp3) is 0.130. The van der Waals surface area contributed by atoms with Gasteiger partial charge in [0.15, 0.2) is 0 Å². The molecule has 0 atom stereocenters. The van der Waals surface area contributed by atoms with Crippen molar-refractivity contribution in [2.24, 2.45) is 0 Å². The summed E-state index contributed by atoms with van der Waals surface area (Å²) < 4.78 is 50.7. The number of benzene rings is 3. The molecule has 0 saturated heterocycles. The maximum atomic E-state index is 13.8. The number of hydrogen-bond donors (Lipinski definition) is 3. The highest BCUT2D eigenvalue weighted by Crippen LogP contribution is 2.20. The van der Waals surface area contributed by atoms with E-state index in [2.05, 4.69) is 15.4 Å². The van der Waals surface area contributed by atoms with E-state index < -0.39 is 27.8 Å². The quantitative estimate of drug-likeness (QED) is 0.391. The lowest BCUT2D eigenvalue weighted by atomic mass is 10.2. The predicted molar refractivity (Wildman–Crippen MR) is 125 cm³/mol. The van der Waals surface area contributed by atoms with Gasteiger partial charge in [0, 0.05) is 24.0 Å². The van der Waals surface area contributed by atoms with Crippen molar-refractivity contribution in [3.8, 4) is 0 Å². The molecule has 9 nitrogen and oxygen atoms in total. The van der Waals surface area contributed by atoms with Crippen molar-refractivity contribution in [3.63, 3.8) is 0 Å². The largest absolute Gasteiger partial charge is 0.447 e. The first kappa shape index (κ1) is 24.7. The van der Waals surface area contributed by atoms with Gasteiger partial charge < -0.3 is 14.8 Å². The summed E-state index contributed by atoms with van der Waals surface area (Å²) in [6, 6.07) is 16.9. The summed E-state index contributed by atoms with van der Waals surface area (Å²) in [5.41, 5.74) is 0.820. The molecule has 0 aliphatic carbocycles. The summed E-state index contributed by atoms with van der Waals surface area (Å²) in [6.07, 6.45) is -0.665. The molecule has 0 aliphatic heterocycles. The van der Waals surface area contributed by atoms with Crippen LogP contribution < -0.4 is 15.4 Å². The first-order chi connectivity index (χ1) is 16.3. The topological polar surface area (TPSA) is 123 Å². The lowest BCUT2D eigenvalue weighted by Crippen LogP contribution is -2.17. The van der Waals surface area contributed by atoms with Gasteiger partial charge in [-0.15, -0.1) is 0 Å². The Bertz CT molecular complexity index is 1270. The van der Waals surface area contributed by atoms with Crippen LogP contribution in [0.1, 0.15) is 10.4 Å². The number of para-hydroxylation sites is 1. The number of anilines is 3. The number of carbonyl (C=O) groups is 2. The van der Waals surface area contributed by atoms with E-state index in [0.29, 0.717) is 11.4 Å². The van der Waals surface area contributed by atoms with Crippen molar-refractivity contribution in [2.75, 3.05) is 35.7 Å². The molecule has 0 aliphatic rings. The first-order valence-corrected chi connectivity index (χ1v) is 11.5. The summed E-state index contributed by atoms with van der Waals surface area (Å²) in [7, 11) is -2.56. The van der Waals surface area contributed by atoms with Gasteiger partial charge in [-0.25, -0.2) is 17.6 Å². The number of ether oxygens (including phenoxy) is 2. The molecule has 0 saturated carbocycles. The van der Waals surface area contributed by atoms with E-state index in [0.717, 1.165) is 6.07 Å². The molecule has 0 heterocycles. The van der Waals surface area contributed by atoms with Crippen molar-refractivity contribution < 1.29 is 31.9 Å². The van der Waals surface area contributed by atoms with Crippen LogP contribution in [0.3, 0.4) is 0 Å². The van der Waals surface area contributed by atoms with Crippen LogP contribution >= 0.6 is 0 Å². The second-order valence-electron chi connectivity index (χ2n) is 6.90. The fourth-order valence-corrected chi connectivity index (χ4v) is 3.85. The molecule has 2 amide bonds. The van der Waals surface area contributed by atoms with Crippen molar-refractivity contribution in [1.29, 1.82) is 0 Å². The second-order valence-corrected chi connectivity index (χ2v) is 8.58. The Labute approximate surface area is 195 Å². The van der Waals surface area contributed by atoms with Crippen LogP contribution in [0.15, 0.2) is 77.7 Å². The number of methoxy groups -OCH3 is 1. The Hall–Kier alpha value is -3.96. The Morgan fingerprint density at radius 2 is 1.56 bits per heavy atom. The van der Waals surface area contributed by atoms with Gasteiger partial charge in [-0.1, -0.05) is 18.2 Å². The summed E-state index contributed by atoms with van der Waals surface area (Å²) in [4.78, 5) is 24.2. The standard InChI is InChI=1S/C23H22FN3O6S/c1-32-13-14-33-23(29)26-18-6-4-5-17(15-18)25-22(28)16-9-11-19(12-10-16)34(30,31)27-21-8-3-2-7-20(21)24/h2-12,15,27H,13-14H2,1H3,(H,25,28)(H,26,29). The number of sulfonamides is 1. The molecule has 178 valence electrons. The highest BCUT2D eigenvalue weighted by atomic mass is 32.2. The van der Waals surface area contributed by atoms with E-state index in [4.69, 9.17) is 9.47 Å². The van der Waals surface area contributed by atoms with E-state index >= 15 is 0 Å². The van der Waals surface area contributed by atoms with Crippen LogP contribution in [0.4, 0.5) is 26.2 Å². The minimum absolute atomic E-state index is 0.0975. The zero-order valence-corrected chi connectivity index (χ0v) is 18.9. The lowest BCUT2D eigenvalue weighted by molar-refractivity contribution is 0.102. The van der Waals surface area contributed by atoms with Crippen LogP contribution in [0.25, 0.3) is 0 Å². The maximum absolute atomic E-state index is 13.8. The Balaban J connectivity index is 1.64. The molecule has 3 rings (SSSR count). The van der Waals surface area contributed by atoms with Crippen molar-refractivity contribution in [3.05, 3.63) is 84.2 Å². The maximum Gasteiger partial charge on any atom is 0.411 e. The highest BCUT2D eigenvalue weighted by molar-refractivity contribution is 7.92. The van der Waals surface area contributed by atoms with E-state index in [1.807, 2.05) is 0 Å². The zero-order chi connectivity index (χ0) is 24.6. The predicted octanol–water partition coefficient (Wildman–Crippen LogP) is 4.07. The van der Waals surface area contributed by atoms with E-state index in [-0.39, 0.29) is 29.4 Å². The first-order valence-electron chi connectivity index (χ1n) is 10.00. The molecular weight excluding hydrogens is 465 g/mol. The van der Waals surface area contributed by atoms with Crippen LogP contribution in [0, 0.1) is 5.82 Å². The van der Waals surface area contributed by atoms with Crippen LogP contribution in [-0.4, -0.2) is 40.7 Å². The minimum atomic E-state index is -4.04. The van der Waals surface area contributed by atoms with Gasteiger partial charge >= 0.3 is 6.09 Å². The van der Waals surface area contributed by atoms with Gasteiger partial charge in [0.05, 0.1) is 17.2 Å². The number of amides is 2. The number of carbonyl (C=O) groups excluding carboxylic acids is 2. The molecule has 3 N–H and O–H groups in total. The molecule has 0 aromatic heterocycles. The lowest BCUT2D eigenvalue weighted by Gasteiger charge is -2.11. The zero-order valence-electron chi connectivity index (χ0n) is 18.1. The number of rotatable bonds is 9. The Morgan fingerprint density at radius 3 is 2.24 bits per heavy atom. The third-order valence-corrected chi connectivity index (χ3v) is 5.81. The molecular formula is C23H22FN3O6S. The van der Waals surface area contributed by atoms with E-state index in [9.17, 15) is 22.4 Å².